The zero-order valence-corrected chi connectivity index (χ0v) is 20.7. The van der Waals surface area contributed by atoms with E-state index in [-0.39, 0.29) is 0 Å². The Kier molecular flexibility index (Phi) is 7.43. The molecule has 0 saturated carbocycles. The highest BCUT2D eigenvalue weighted by Gasteiger charge is 2.51. The average molecular weight is 492 g/mol. The molecule has 3 aromatic rings. The van der Waals surface area contributed by atoms with E-state index < -0.39 is 17.9 Å². The maximum absolute atomic E-state index is 15.5. The Balaban J connectivity index is 1.88. The van der Waals surface area contributed by atoms with Crippen molar-refractivity contribution >= 4 is 17.7 Å². The van der Waals surface area contributed by atoms with Crippen LogP contribution in [0, 0.1) is 5.92 Å². The Labute approximate surface area is 210 Å². The molecule has 1 aliphatic rings. The fraction of sp³-hybridized carbons (Fsp3) is 0.300. The van der Waals surface area contributed by atoms with Gasteiger partial charge in [-0.1, -0.05) is 56.3 Å². The first-order valence-electron chi connectivity index (χ1n) is 12.1. The lowest BCUT2D eigenvalue weighted by atomic mass is 9.75. The number of aliphatic carboxylic acids is 1. The molecular weight excluding hydrogens is 460 g/mol. The number of carboxylic acid groups (broad SMARTS) is 1. The van der Waals surface area contributed by atoms with Gasteiger partial charge in [0.05, 0.1) is 7.11 Å². The van der Waals surface area contributed by atoms with Crippen molar-refractivity contribution < 1.29 is 23.4 Å². The molecule has 4 nitrogen and oxygen atoms in total. The average Bonchev–Trinajstić information content (AvgIpc) is 2.86. The van der Waals surface area contributed by atoms with Gasteiger partial charge in [0.2, 0.25) is 0 Å². The second-order valence-corrected chi connectivity index (χ2v) is 9.55. The molecule has 0 amide bonds. The summed E-state index contributed by atoms with van der Waals surface area (Å²) in [5.74, 6) is 0.0736. The number of fused-ring (bicyclic) bond motifs is 1. The van der Waals surface area contributed by atoms with E-state index in [1.165, 1.54) is 11.6 Å². The highest BCUT2D eigenvalue weighted by molar-refractivity contribution is 5.85. The van der Waals surface area contributed by atoms with E-state index in [0.29, 0.717) is 41.3 Å². The smallest absolute Gasteiger partial charge is 0.328 e. The van der Waals surface area contributed by atoms with Crippen LogP contribution in [0.15, 0.2) is 72.8 Å². The maximum Gasteiger partial charge on any atom is 0.328 e. The van der Waals surface area contributed by atoms with Crippen LogP contribution in [-0.4, -0.2) is 31.2 Å². The summed E-state index contributed by atoms with van der Waals surface area (Å²) < 4.78 is 36.4. The van der Waals surface area contributed by atoms with Crippen molar-refractivity contribution in [1.82, 2.24) is 0 Å². The number of nitrogens with zero attached hydrogens (tertiary/aromatic N) is 1. The molecule has 1 N–H and O–H groups in total. The Morgan fingerprint density at radius 1 is 1.08 bits per heavy atom. The molecule has 0 aliphatic carbocycles. The van der Waals surface area contributed by atoms with Gasteiger partial charge in [-0.3, -0.25) is 0 Å². The van der Waals surface area contributed by atoms with Crippen molar-refractivity contribution in [3.8, 4) is 5.75 Å². The lowest BCUT2D eigenvalue weighted by molar-refractivity contribution is -0.131. The van der Waals surface area contributed by atoms with Gasteiger partial charge in [0.15, 0.2) is 5.54 Å². The Morgan fingerprint density at radius 3 is 2.36 bits per heavy atom. The van der Waals surface area contributed by atoms with Crippen LogP contribution in [0.5, 0.6) is 5.75 Å². The van der Waals surface area contributed by atoms with E-state index in [9.17, 15) is 4.79 Å². The molecule has 3 aromatic carbocycles. The van der Waals surface area contributed by atoms with Crippen molar-refractivity contribution in [1.29, 1.82) is 0 Å². The van der Waals surface area contributed by atoms with Crippen molar-refractivity contribution in [2.75, 3.05) is 18.6 Å². The van der Waals surface area contributed by atoms with Crippen molar-refractivity contribution in [3.05, 3.63) is 101 Å². The third kappa shape index (κ3) is 4.85. The Bertz CT molecular complexity index is 1240. The molecule has 0 saturated heterocycles. The van der Waals surface area contributed by atoms with Crippen LogP contribution in [0.25, 0.3) is 6.08 Å². The topological polar surface area (TPSA) is 49.8 Å². The first kappa shape index (κ1) is 25.4. The minimum atomic E-state index is -2.74. The summed E-state index contributed by atoms with van der Waals surface area (Å²) in [6, 6.07) is 20.0. The molecule has 188 valence electrons. The Morgan fingerprint density at radius 2 is 1.78 bits per heavy atom. The zero-order chi connectivity index (χ0) is 25.9. The predicted molar refractivity (Wildman–Crippen MR) is 139 cm³/mol. The number of carbonyl (C=O) groups is 1. The number of alkyl halides is 2. The molecule has 0 aromatic heterocycles. The molecule has 0 bridgehead atoms. The van der Waals surface area contributed by atoms with E-state index in [4.69, 9.17) is 9.84 Å². The second-order valence-electron chi connectivity index (χ2n) is 9.55. The van der Waals surface area contributed by atoms with Crippen LogP contribution < -0.4 is 9.64 Å². The van der Waals surface area contributed by atoms with Crippen LogP contribution in [-0.2, 0) is 23.2 Å². The van der Waals surface area contributed by atoms with Crippen LogP contribution in [0.3, 0.4) is 0 Å². The monoisotopic (exact) mass is 491 g/mol. The van der Waals surface area contributed by atoms with Gasteiger partial charge in [-0.15, -0.1) is 0 Å². The lowest BCUT2D eigenvalue weighted by Crippen LogP contribution is -2.56. The van der Waals surface area contributed by atoms with E-state index >= 15 is 8.78 Å². The number of hydrogen-bond acceptors (Lipinski definition) is 3. The largest absolute Gasteiger partial charge is 0.497 e. The molecule has 0 spiro atoms. The summed E-state index contributed by atoms with van der Waals surface area (Å²) >= 11 is 0. The summed E-state index contributed by atoms with van der Waals surface area (Å²) in [5, 5.41) is 8.92. The molecule has 0 radical (unpaired) electrons. The van der Waals surface area contributed by atoms with E-state index in [1.807, 2.05) is 35.2 Å². The first-order chi connectivity index (χ1) is 17.2. The van der Waals surface area contributed by atoms with Gasteiger partial charge in [-0.05, 0) is 76.9 Å². The highest BCUT2D eigenvalue weighted by Crippen LogP contribution is 2.48. The van der Waals surface area contributed by atoms with E-state index in [2.05, 4.69) is 13.8 Å². The number of anilines is 1. The summed E-state index contributed by atoms with van der Waals surface area (Å²) in [6.07, 6.45) is 1.28. The number of benzene rings is 3. The molecular formula is C30H31F2NO3. The molecule has 1 aliphatic heterocycles. The van der Waals surface area contributed by atoms with Crippen LogP contribution >= 0.6 is 0 Å². The standard InChI is InChI=1S/C30H31F2NO3/c1-20(2)18-22-6-11-25(12-7-22)33-17-16-23-19-26(36-3)13-14-27(23)30(33,29(31)32)24-9-4-21(5-10-24)8-15-28(34)35/h4-15,19-20,29H,16-18H2,1-3H3,(H,34,35)/b15-8+. The number of methoxy groups -OCH3 is 1. The number of ether oxygens (including phenoxy) is 1. The lowest BCUT2D eigenvalue weighted by Gasteiger charge is -2.49. The molecule has 1 atom stereocenters. The van der Waals surface area contributed by atoms with Gasteiger partial charge >= 0.3 is 5.97 Å². The van der Waals surface area contributed by atoms with Gasteiger partial charge in [-0.25, -0.2) is 13.6 Å². The molecule has 6 heteroatoms. The van der Waals surface area contributed by atoms with Gasteiger partial charge in [-0.2, -0.15) is 0 Å². The Hall–Kier alpha value is -3.67. The van der Waals surface area contributed by atoms with Crippen molar-refractivity contribution in [3.63, 3.8) is 0 Å². The van der Waals surface area contributed by atoms with Gasteiger partial charge in [0, 0.05) is 18.3 Å². The zero-order valence-electron chi connectivity index (χ0n) is 20.7. The van der Waals surface area contributed by atoms with Crippen LogP contribution in [0.2, 0.25) is 0 Å². The van der Waals surface area contributed by atoms with Gasteiger partial charge < -0.3 is 14.7 Å². The quantitative estimate of drug-likeness (QED) is 0.363. The number of rotatable bonds is 8. The minimum Gasteiger partial charge on any atom is -0.497 e. The molecule has 36 heavy (non-hydrogen) atoms. The SMILES string of the molecule is COc1ccc2c(c1)CCN(c1ccc(CC(C)C)cc1)C2(c1ccc(/C=C/C(=O)O)cc1)C(F)F. The van der Waals surface area contributed by atoms with Crippen LogP contribution in [0.1, 0.15) is 41.7 Å². The number of halogens is 2. The molecule has 0 fully saturated rings. The normalized spacial score (nSPS) is 17.6. The molecule has 4 rings (SSSR count). The summed E-state index contributed by atoms with van der Waals surface area (Å²) in [5.41, 5.74) is 2.64. The predicted octanol–water partition coefficient (Wildman–Crippen LogP) is 6.56. The van der Waals surface area contributed by atoms with Crippen LogP contribution in [0.4, 0.5) is 14.5 Å². The van der Waals surface area contributed by atoms with Gasteiger partial charge in [0.1, 0.15) is 5.75 Å². The fourth-order valence-corrected chi connectivity index (χ4v) is 5.13. The third-order valence-electron chi connectivity index (χ3n) is 6.73. The number of carboxylic acids is 1. The highest BCUT2D eigenvalue weighted by atomic mass is 19.3. The van der Waals surface area contributed by atoms with Crippen molar-refractivity contribution in [2.45, 2.75) is 38.7 Å². The first-order valence-corrected chi connectivity index (χ1v) is 12.1. The second kappa shape index (κ2) is 10.5. The summed E-state index contributed by atoms with van der Waals surface area (Å²) in [6.45, 7) is 4.72. The third-order valence-corrected chi connectivity index (χ3v) is 6.73. The van der Waals surface area contributed by atoms with E-state index in [0.717, 1.165) is 23.7 Å². The summed E-state index contributed by atoms with van der Waals surface area (Å²) in [7, 11) is 1.57. The maximum atomic E-state index is 15.5. The summed E-state index contributed by atoms with van der Waals surface area (Å²) in [4.78, 5) is 12.7. The molecule has 1 unspecified atom stereocenters. The fourth-order valence-electron chi connectivity index (χ4n) is 5.13. The number of hydrogen-bond donors (Lipinski definition) is 1. The van der Waals surface area contributed by atoms with E-state index in [1.54, 1.807) is 43.5 Å². The van der Waals surface area contributed by atoms with Crippen molar-refractivity contribution in [2.24, 2.45) is 5.92 Å². The molecule has 1 heterocycles. The van der Waals surface area contributed by atoms with Gasteiger partial charge in [0.25, 0.3) is 6.43 Å². The minimum absolute atomic E-state index is 0.411.